The number of pyridine rings is 1. The molecule has 1 aromatic rings. The standard InChI is InChI=1S/C12H15N3O/c1-10-4-11(7-14-6-10)8-15-2-3-16-12(5-13)9-15/h4,6-7,12H,2-3,8-9H2,1H3. The second-order valence-electron chi connectivity index (χ2n) is 4.09. The number of aromatic nitrogens is 1. The van der Waals surface area contributed by atoms with Gasteiger partial charge in [0.05, 0.1) is 12.7 Å². The summed E-state index contributed by atoms with van der Waals surface area (Å²) in [5.41, 5.74) is 2.36. The van der Waals surface area contributed by atoms with Crippen LogP contribution in [0.25, 0.3) is 0 Å². The Kier molecular flexibility index (Phi) is 3.50. The lowest BCUT2D eigenvalue weighted by atomic mass is 10.2. The highest BCUT2D eigenvalue weighted by atomic mass is 16.5. The fraction of sp³-hybridized carbons (Fsp3) is 0.500. The summed E-state index contributed by atoms with van der Waals surface area (Å²) in [5, 5.41) is 8.80. The zero-order chi connectivity index (χ0) is 11.4. The molecule has 1 aromatic heterocycles. The Morgan fingerprint density at radius 3 is 3.25 bits per heavy atom. The van der Waals surface area contributed by atoms with E-state index in [9.17, 15) is 0 Å². The summed E-state index contributed by atoms with van der Waals surface area (Å²) in [6.07, 6.45) is 3.44. The van der Waals surface area contributed by atoms with E-state index < -0.39 is 0 Å². The second kappa shape index (κ2) is 5.06. The van der Waals surface area contributed by atoms with Crippen LogP contribution in [-0.4, -0.2) is 35.7 Å². The normalized spacial score (nSPS) is 21.6. The highest BCUT2D eigenvalue weighted by molar-refractivity contribution is 5.16. The third kappa shape index (κ3) is 2.78. The van der Waals surface area contributed by atoms with Crippen LogP contribution in [0.3, 0.4) is 0 Å². The summed E-state index contributed by atoms with van der Waals surface area (Å²) in [4.78, 5) is 6.40. The average Bonchev–Trinajstić information content (AvgIpc) is 2.29. The van der Waals surface area contributed by atoms with Crippen molar-refractivity contribution in [1.29, 1.82) is 5.26 Å². The molecule has 0 N–H and O–H groups in total. The molecule has 1 unspecified atom stereocenters. The molecule has 1 atom stereocenters. The number of aryl methyl sites for hydroxylation is 1. The smallest absolute Gasteiger partial charge is 0.156 e. The van der Waals surface area contributed by atoms with Gasteiger partial charge in [-0.15, -0.1) is 0 Å². The van der Waals surface area contributed by atoms with Gasteiger partial charge in [0.15, 0.2) is 6.10 Å². The highest BCUT2D eigenvalue weighted by Gasteiger charge is 2.19. The maximum atomic E-state index is 8.80. The van der Waals surface area contributed by atoms with Crippen LogP contribution in [0.4, 0.5) is 0 Å². The number of hydrogen-bond donors (Lipinski definition) is 0. The third-order valence-corrected chi connectivity index (χ3v) is 2.63. The molecule has 2 heterocycles. The molecule has 1 aliphatic rings. The lowest BCUT2D eigenvalue weighted by molar-refractivity contribution is -0.00272. The molecule has 0 radical (unpaired) electrons. The number of nitriles is 1. The van der Waals surface area contributed by atoms with E-state index in [-0.39, 0.29) is 6.10 Å². The molecule has 1 aliphatic heterocycles. The summed E-state index contributed by atoms with van der Waals surface area (Å²) >= 11 is 0. The van der Waals surface area contributed by atoms with Crippen LogP contribution in [0, 0.1) is 18.3 Å². The molecule has 0 saturated carbocycles. The van der Waals surface area contributed by atoms with Crippen LogP contribution in [0.15, 0.2) is 18.5 Å². The first-order valence-corrected chi connectivity index (χ1v) is 5.42. The van der Waals surface area contributed by atoms with Crippen molar-refractivity contribution in [2.75, 3.05) is 19.7 Å². The van der Waals surface area contributed by atoms with Crippen molar-refractivity contribution in [2.45, 2.75) is 19.6 Å². The van der Waals surface area contributed by atoms with Crippen LogP contribution in [0.1, 0.15) is 11.1 Å². The molecule has 16 heavy (non-hydrogen) atoms. The maximum absolute atomic E-state index is 8.80. The Morgan fingerprint density at radius 2 is 2.50 bits per heavy atom. The molecule has 4 heteroatoms. The lowest BCUT2D eigenvalue weighted by Gasteiger charge is -2.29. The van der Waals surface area contributed by atoms with Gasteiger partial charge in [-0.3, -0.25) is 9.88 Å². The Labute approximate surface area is 95.5 Å². The summed E-state index contributed by atoms with van der Waals surface area (Å²) in [6, 6.07) is 4.28. The molecular formula is C12H15N3O. The number of morpholine rings is 1. The third-order valence-electron chi connectivity index (χ3n) is 2.63. The van der Waals surface area contributed by atoms with Crippen LogP contribution >= 0.6 is 0 Å². The van der Waals surface area contributed by atoms with E-state index in [0.717, 1.165) is 13.1 Å². The van der Waals surface area contributed by atoms with Crippen LogP contribution in [0.2, 0.25) is 0 Å². The zero-order valence-electron chi connectivity index (χ0n) is 9.39. The minimum atomic E-state index is -0.286. The first-order valence-electron chi connectivity index (χ1n) is 5.42. The molecule has 1 saturated heterocycles. The van der Waals surface area contributed by atoms with Crippen molar-refractivity contribution in [3.63, 3.8) is 0 Å². The lowest BCUT2D eigenvalue weighted by Crippen LogP contribution is -2.41. The molecule has 0 amide bonds. The molecule has 0 spiro atoms. The molecule has 2 rings (SSSR count). The van der Waals surface area contributed by atoms with Crippen molar-refractivity contribution in [1.82, 2.24) is 9.88 Å². The quantitative estimate of drug-likeness (QED) is 0.744. The minimum absolute atomic E-state index is 0.286. The van der Waals surface area contributed by atoms with Gasteiger partial charge in [-0.05, 0) is 18.1 Å². The van der Waals surface area contributed by atoms with Gasteiger partial charge >= 0.3 is 0 Å². The van der Waals surface area contributed by atoms with Gasteiger partial charge in [-0.2, -0.15) is 5.26 Å². The second-order valence-corrected chi connectivity index (χ2v) is 4.09. The van der Waals surface area contributed by atoms with E-state index in [0.29, 0.717) is 13.2 Å². The van der Waals surface area contributed by atoms with Gasteiger partial charge in [-0.1, -0.05) is 6.07 Å². The summed E-state index contributed by atoms with van der Waals surface area (Å²) in [7, 11) is 0. The largest absolute Gasteiger partial charge is 0.361 e. The number of nitrogens with zero attached hydrogens (tertiary/aromatic N) is 3. The highest BCUT2D eigenvalue weighted by Crippen LogP contribution is 2.10. The summed E-state index contributed by atoms with van der Waals surface area (Å²) in [5.74, 6) is 0. The van der Waals surface area contributed by atoms with E-state index in [1.165, 1.54) is 11.1 Å². The molecule has 0 aromatic carbocycles. The van der Waals surface area contributed by atoms with Crippen LogP contribution in [0.5, 0.6) is 0 Å². The van der Waals surface area contributed by atoms with Gasteiger partial charge in [0, 0.05) is 32.0 Å². The first kappa shape index (κ1) is 11.1. The van der Waals surface area contributed by atoms with Crippen LogP contribution in [-0.2, 0) is 11.3 Å². The maximum Gasteiger partial charge on any atom is 0.156 e. The molecule has 0 aliphatic carbocycles. The van der Waals surface area contributed by atoms with Crippen molar-refractivity contribution in [2.24, 2.45) is 0 Å². The van der Waals surface area contributed by atoms with E-state index in [4.69, 9.17) is 10.00 Å². The van der Waals surface area contributed by atoms with Crippen molar-refractivity contribution < 1.29 is 4.74 Å². The van der Waals surface area contributed by atoms with E-state index in [1.54, 1.807) is 0 Å². The Bertz CT molecular complexity index is 399. The van der Waals surface area contributed by atoms with Gasteiger partial charge in [0.25, 0.3) is 0 Å². The summed E-state index contributed by atoms with van der Waals surface area (Å²) < 4.78 is 5.30. The Hall–Kier alpha value is -1.44. The first-order chi connectivity index (χ1) is 7.78. The van der Waals surface area contributed by atoms with E-state index in [2.05, 4.69) is 22.0 Å². The predicted octanol–water partition coefficient (Wildman–Crippen LogP) is 1.11. The molecular weight excluding hydrogens is 202 g/mol. The van der Waals surface area contributed by atoms with Crippen molar-refractivity contribution >= 4 is 0 Å². The van der Waals surface area contributed by atoms with Gasteiger partial charge in [0.2, 0.25) is 0 Å². The minimum Gasteiger partial charge on any atom is -0.361 e. The molecule has 0 bridgehead atoms. The van der Waals surface area contributed by atoms with Crippen molar-refractivity contribution in [3.8, 4) is 6.07 Å². The number of rotatable bonds is 2. The molecule has 84 valence electrons. The predicted molar refractivity (Wildman–Crippen MR) is 59.6 cm³/mol. The molecule has 1 fully saturated rings. The average molecular weight is 217 g/mol. The van der Waals surface area contributed by atoms with Gasteiger partial charge in [0.1, 0.15) is 0 Å². The number of hydrogen-bond acceptors (Lipinski definition) is 4. The van der Waals surface area contributed by atoms with Gasteiger partial charge in [-0.25, -0.2) is 0 Å². The topological polar surface area (TPSA) is 49.2 Å². The summed E-state index contributed by atoms with van der Waals surface area (Å²) in [6.45, 7) is 5.08. The zero-order valence-corrected chi connectivity index (χ0v) is 9.39. The fourth-order valence-corrected chi connectivity index (χ4v) is 1.89. The van der Waals surface area contributed by atoms with Gasteiger partial charge < -0.3 is 4.74 Å². The van der Waals surface area contributed by atoms with E-state index >= 15 is 0 Å². The molecule has 4 nitrogen and oxygen atoms in total. The van der Waals surface area contributed by atoms with Crippen molar-refractivity contribution in [3.05, 3.63) is 29.6 Å². The SMILES string of the molecule is Cc1cncc(CN2CCOC(C#N)C2)c1. The fourth-order valence-electron chi connectivity index (χ4n) is 1.89. The van der Waals surface area contributed by atoms with Crippen LogP contribution < -0.4 is 0 Å². The Morgan fingerprint density at radius 1 is 1.62 bits per heavy atom. The monoisotopic (exact) mass is 217 g/mol. The number of ether oxygens (including phenoxy) is 1. The Balaban J connectivity index is 1.97. The van der Waals surface area contributed by atoms with E-state index in [1.807, 2.05) is 19.3 Å².